The maximum Gasteiger partial charge on any atom is 0.238 e. The van der Waals surface area contributed by atoms with Crippen molar-refractivity contribution in [2.24, 2.45) is 0 Å². The fraction of sp³-hybridized carbons (Fsp3) is 0.909. The van der Waals surface area contributed by atoms with E-state index in [1.807, 2.05) is 6.92 Å². The standard InChI is InChI=1S/C11H24N2O/c1-7-8-11(3,4)12-9(2)10(14)13(5)6/h9,12H,7-8H2,1-6H3. The highest BCUT2D eigenvalue weighted by molar-refractivity contribution is 5.81. The van der Waals surface area contributed by atoms with Crippen molar-refractivity contribution in [3.8, 4) is 0 Å². The van der Waals surface area contributed by atoms with Crippen LogP contribution in [-0.4, -0.2) is 36.5 Å². The number of carbonyl (C=O) groups is 1. The lowest BCUT2D eigenvalue weighted by atomic mass is 9.97. The Balaban J connectivity index is 4.17. The van der Waals surface area contributed by atoms with E-state index in [0.717, 1.165) is 12.8 Å². The van der Waals surface area contributed by atoms with E-state index in [-0.39, 0.29) is 17.5 Å². The van der Waals surface area contributed by atoms with E-state index in [9.17, 15) is 4.79 Å². The van der Waals surface area contributed by atoms with Gasteiger partial charge in [0, 0.05) is 19.6 Å². The first-order valence-electron chi connectivity index (χ1n) is 5.29. The van der Waals surface area contributed by atoms with Gasteiger partial charge in [-0.3, -0.25) is 4.79 Å². The average Bonchev–Trinajstić information content (AvgIpc) is 2.01. The number of rotatable bonds is 5. The quantitative estimate of drug-likeness (QED) is 0.731. The van der Waals surface area contributed by atoms with Gasteiger partial charge in [0.1, 0.15) is 0 Å². The topological polar surface area (TPSA) is 32.3 Å². The minimum absolute atomic E-state index is 0.0415. The van der Waals surface area contributed by atoms with Crippen molar-refractivity contribution in [2.45, 2.75) is 52.1 Å². The van der Waals surface area contributed by atoms with E-state index in [1.165, 1.54) is 0 Å². The van der Waals surface area contributed by atoms with Crippen molar-refractivity contribution >= 4 is 5.91 Å². The third-order valence-electron chi connectivity index (χ3n) is 2.29. The highest BCUT2D eigenvalue weighted by Crippen LogP contribution is 2.12. The van der Waals surface area contributed by atoms with Crippen LogP contribution in [0.25, 0.3) is 0 Å². The van der Waals surface area contributed by atoms with Gasteiger partial charge in [0.2, 0.25) is 5.91 Å². The normalized spacial score (nSPS) is 13.9. The van der Waals surface area contributed by atoms with Gasteiger partial charge < -0.3 is 10.2 Å². The van der Waals surface area contributed by atoms with Gasteiger partial charge in [-0.15, -0.1) is 0 Å². The summed E-state index contributed by atoms with van der Waals surface area (Å²) < 4.78 is 0. The van der Waals surface area contributed by atoms with Gasteiger partial charge in [0.05, 0.1) is 6.04 Å². The molecule has 0 saturated heterocycles. The molecule has 0 rings (SSSR count). The van der Waals surface area contributed by atoms with Gasteiger partial charge in [0.15, 0.2) is 0 Å². The van der Waals surface area contributed by atoms with Crippen molar-refractivity contribution in [1.82, 2.24) is 10.2 Å². The molecule has 0 saturated carbocycles. The van der Waals surface area contributed by atoms with Gasteiger partial charge >= 0.3 is 0 Å². The fourth-order valence-corrected chi connectivity index (χ4v) is 1.73. The lowest BCUT2D eigenvalue weighted by Crippen LogP contribution is -2.51. The van der Waals surface area contributed by atoms with Crippen LogP contribution in [0.4, 0.5) is 0 Å². The van der Waals surface area contributed by atoms with Crippen molar-refractivity contribution in [1.29, 1.82) is 0 Å². The fourth-order valence-electron chi connectivity index (χ4n) is 1.73. The Bertz CT molecular complexity index is 188. The highest BCUT2D eigenvalue weighted by atomic mass is 16.2. The molecule has 1 unspecified atom stereocenters. The minimum Gasteiger partial charge on any atom is -0.347 e. The molecule has 0 bridgehead atoms. The molecule has 1 atom stereocenters. The van der Waals surface area contributed by atoms with Gasteiger partial charge in [0.25, 0.3) is 0 Å². The Morgan fingerprint density at radius 1 is 1.43 bits per heavy atom. The van der Waals surface area contributed by atoms with Crippen LogP contribution < -0.4 is 5.32 Å². The molecule has 0 spiro atoms. The molecule has 0 heterocycles. The zero-order valence-electron chi connectivity index (χ0n) is 10.3. The molecular formula is C11H24N2O. The Morgan fingerprint density at radius 3 is 2.29 bits per heavy atom. The van der Waals surface area contributed by atoms with E-state index in [2.05, 4.69) is 26.1 Å². The molecule has 3 heteroatoms. The first-order valence-corrected chi connectivity index (χ1v) is 5.29. The second-order valence-electron chi connectivity index (χ2n) is 4.73. The maximum absolute atomic E-state index is 11.6. The lowest BCUT2D eigenvalue weighted by molar-refractivity contribution is -0.131. The minimum atomic E-state index is -0.105. The number of likely N-dealkylation sites (N-methyl/N-ethyl adjacent to an activating group) is 1. The predicted molar refractivity (Wildman–Crippen MR) is 60.3 cm³/mol. The van der Waals surface area contributed by atoms with Gasteiger partial charge in [-0.1, -0.05) is 13.3 Å². The molecule has 0 aromatic rings. The van der Waals surface area contributed by atoms with E-state index in [0.29, 0.717) is 0 Å². The summed E-state index contributed by atoms with van der Waals surface area (Å²) in [5, 5.41) is 3.35. The van der Waals surface area contributed by atoms with Gasteiger partial charge in [-0.05, 0) is 27.2 Å². The van der Waals surface area contributed by atoms with Crippen molar-refractivity contribution in [3.05, 3.63) is 0 Å². The zero-order valence-corrected chi connectivity index (χ0v) is 10.3. The first kappa shape index (κ1) is 13.4. The first-order chi connectivity index (χ1) is 6.30. The van der Waals surface area contributed by atoms with Crippen LogP contribution >= 0.6 is 0 Å². The summed E-state index contributed by atoms with van der Waals surface area (Å²) in [6.45, 7) is 8.34. The average molecular weight is 200 g/mol. The number of carbonyl (C=O) groups excluding carboxylic acids is 1. The molecule has 0 fully saturated rings. The van der Waals surface area contributed by atoms with Crippen LogP contribution in [-0.2, 0) is 4.79 Å². The van der Waals surface area contributed by atoms with E-state index >= 15 is 0 Å². The third-order valence-corrected chi connectivity index (χ3v) is 2.29. The molecule has 0 aliphatic heterocycles. The van der Waals surface area contributed by atoms with Crippen LogP contribution in [0.1, 0.15) is 40.5 Å². The molecular weight excluding hydrogens is 176 g/mol. The van der Waals surface area contributed by atoms with Gasteiger partial charge in [-0.25, -0.2) is 0 Å². The summed E-state index contributed by atoms with van der Waals surface area (Å²) in [6.07, 6.45) is 2.21. The summed E-state index contributed by atoms with van der Waals surface area (Å²) in [7, 11) is 3.57. The monoisotopic (exact) mass is 200 g/mol. The Kier molecular flexibility index (Phi) is 5.13. The van der Waals surface area contributed by atoms with Crippen LogP contribution in [0, 0.1) is 0 Å². The second-order valence-corrected chi connectivity index (χ2v) is 4.73. The van der Waals surface area contributed by atoms with E-state index < -0.39 is 0 Å². The summed E-state index contributed by atoms with van der Waals surface area (Å²) in [4.78, 5) is 13.2. The van der Waals surface area contributed by atoms with E-state index in [4.69, 9.17) is 0 Å². The van der Waals surface area contributed by atoms with E-state index in [1.54, 1.807) is 19.0 Å². The molecule has 0 aliphatic carbocycles. The molecule has 0 radical (unpaired) electrons. The summed E-state index contributed by atoms with van der Waals surface area (Å²) in [5.41, 5.74) is 0.0415. The molecule has 0 aromatic carbocycles. The van der Waals surface area contributed by atoms with Crippen molar-refractivity contribution < 1.29 is 4.79 Å². The van der Waals surface area contributed by atoms with Gasteiger partial charge in [-0.2, -0.15) is 0 Å². The van der Waals surface area contributed by atoms with Crippen LogP contribution in [0.15, 0.2) is 0 Å². The SMILES string of the molecule is CCCC(C)(C)NC(C)C(=O)N(C)C. The molecule has 14 heavy (non-hydrogen) atoms. The molecule has 1 amide bonds. The molecule has 84 valence electrons. The zero-order chi connectivity index (χ0) is 11.4. The smallest absolute Gasteiger partial charge is 0.238 e. The molecule has 1 N–H and O–H groups in total. The Labute approximate surface area is 87.9 Å². The molecule has 0 aliphatic rings. The highest BCUT2D eigenvalue weighted by Gasteiger charge is 2.23. The Hall–Kier alpha value is -0.570. The number of hydrogen-bond acceptors (Lipinski definition) is 2. The lowest BCUT2D eigenvalue weighted by Gasteiger charge is -2.30. The number of nitrogens with zero attached hydrogens (tertiary/aromatic N) is 1. The van der Waals surface area contributed by atoms with Crippen molar-refractivity contribution in [3.63, 3.8) is 0 Å². The molecule has 3 nitrogen and oxygen atoms in total. The maximum atomic E-state index is 11.6. The molecule has 0 aromatic heterocycles. The summed E-state index contributed by atoms with van der Waals surface area (Å²) >= 11 is 0. The van der Waals surface area contributed by atoms with Crippen molar-refractivity contribution in [2.75, 3.05) is 14.1 Å². The third kappa shape index (κ3) is 4.61. The summed E-state index contributed by atoms with van der Waals surface area (Å²) in [6, 6.07) is -0.105. The number of hydrogen-bond donors (Lipinski definition) is 1. The second kappa shape index (κ2) is 5.35. The largest absolute Gasteiger partial charge is 0.347 e. The van der Waals surface area contributed by atoms with Crippen LogP contribution in [0.5, 0.6) is 0 Å². The Morgan fingerprint density at radius 2 is 1.93 bits per heavy atom. The predicted octanol–water partition coefficient (Wildman–Crippen LogP) is 1.63. The summed E-state index contributed by atoms with van der Waals surface area (Å²) in [5.74, 6) is 0.133. The number of amides is 1. The van der Waals surface area contributed by atoms with Crippen LogP contribution in [0.2, 0.25) is 0 Å². The number of nitrogens with one attached hydrogen (secondary N) is 1. The van der Waals surface area contributed by atoms with Crippen LogP contribution in [0.3, 0.4) is 0 Å².